The molecule has 26 heavy (non-hydrogen) atoms. The summed E-state index contributed by atoms with van der Waals surface area (Å²) in [6.07, 6.45) is 1.72. The molecule has 0 radical (unpaired) electrons. The molecule has 2 aromatic carbocycles. The largest absolute Gasteiger partial charge is 0.321 e. The van der Waals surface area contributed by atoms with Gasteiger partial charge in [0.2, 0.25) is 0 Å². The summed E-state index contributed by atoms with van der Waals surface area (Å²) in [5, 5.41) is 17.0. The van der Waals surface area contributed by atoms with Crippen molar-refractivity contribution in [1.29, 1.82) is 5.26 Å². The van der Waals surface area contributed by atoms with Crippen molar-refractivity contribution in [1.82, 2.24) is 9.78 Å². The average Bonchev–Trinajstić information content (AvgIpc) is 2.67. The molecule has 0 aliphatic rings. The van der Waals surface area contributed by atoms with E-state index < -0.39 is 5.91 Å². The minimum atomic E-state index is -0.415. The first-order valence-electron chi connectivity index (χ1n) is 8.45. The number of rotatable bonds is 5. The Labute approximate surface area is 150 Å². The van der Waals surface area contributed by atoms with Gasteiger partial charge in [-0.1, -0.05) is 37.6 Å². The maximum absolute atomic E-state index is 12.8. The molecule has 1 amide bonds. The molecule has 0 fully saturated rings. The Morgan fingerprint density at radius 2 is 1.96 bits per heavy atom. The van der Waals surface area contributed by atoms with E-state index in [0.29, 0.717) is 28.6 Å². The van der Waals surface area contributed by atoms with Crippen LogP contribution in [0.25, 0.3) is 10.8 Å². The highest BCUT2D eigenvalue weighted by molar-refractivity contribution is 6.11. The molecule has 130 valence electrons. The van der Waals surface area contributed by atoms with Crippen LogP contribution >= 0.6 is 0 Å². The molecule has 0 spiro atoms. The lowest BCUT2D eigenvalue weighted by Gasteiger charge is -2.11. The smallest absolute Gasteiger partial charge is 0.276 e. The molecule has 6 nitrogen and oxygen atoms in total. The highest BCUT2D eigenvalue weighted by Gasteiger charge is 2.16. The number of hydrogen-bond donors (Lipinski definition) is 1. The first-order chi connectivity index (χ1) is 12.6. The monoisotopic (exact) mass is 346 g/mol. The van der Waals surface area contributed by atoms with Gasteiger partial charge in [-0.2, -0.15) is 10.4 Å². The highest BCUT2D eigenvalue weighted by Crippen LogP contribution is 2.16. The second-order valence-electron chi connectivity index (χ2n) is 5.92. The quantitative estimate of drug-likeness (QED) is 0.767. The Morgan fingerprint density at radius 1 is 1.19 bits per heavy atom. The highest BCUT2D eigenvalue weighted by atomic mass is 16.2. The SMILES string of the molecule is CCCCn1nc(C(=O)Nc2cccc(C#N)c2)c2ccccc2c1=O. The third-order valence-electron chi connectivity index (χ3n) is 4.06. The zero-order valence-corrected chi connectivity index (χ0v) is 14.4. The number of nitrogens with one attached hydrogen (secondary N) is 1. The van der Waals surface area contributed by atoms with E-state index in [4.69, 9.17) is 5.26 Å². The van der Waals surface area contributed by atoms with Crippen LogP contribution in [0, 0.1) is 11.3 Å². The van der Waals surface area contributed by atoms with Gasteiger partial charge in [0.15, 0.2) is 5.69 Å². The van der Waals surface area contributed by atoms with Crippen LogP contribution < -0.4 is 10.9 Å². The van der Waals surface area contributed by atoms with Gasteiger partial charge in [-0.25, -0.2) is 4.68 Å². The van der Waals surface area contributed by atoms with Crippen LogP contribution in [0.5, 0.6) is 0 Å². The molecule has 0 aliphatic heterocycles. The molecule has 0 saturated carbocycles. The third kappa shape index (κ3) is 3.47. The number of unbranched alkanes of at least 4 members (excludes halogenated alkanes) is 1. The van der Waals surface area contributed by atoms with E-state index in [1.54, 1.807) is 48.5 Å². The number of anilines is 1. The van der Waals surface area contributed by atoms with E-state index in [1.807, 2.05) is 13.0 Å². The summed E-state index contributed by atoms with van der Waals surface area (Å²) in [6.45, 7) is 2.49. The minimum absolute atomic E-state index is 0.193. The van der Waals surface area contributed by atoms with Gasteiger partial charge in [0.1, 0.15) is 0 Å². The molecular formula is C20H18N4O2. The summed E-state index contributed by atoms with van der Waals surface area (Å²) in [7, 11) is 0. The van der Waals surface area contributed by atoms with E-state index in [-0.39, 0.29) is 11.3 Å². The Balaban J connectivity index is 2.05. The van der Waals surface area contributed by atoms with Crippen LogP contribution in [0.3, 0.4) is 0 Å². The van der Waals surface area contributed by atoms with Crippen LogP contribution in [0.2, 0.25) is 0 Å². The number of carbonyl (C=O) groups excluding carboxylic acids is 1. The summed E-state index contributed by atoms with van der Waals surface area (Å²) in [6, 6.07) is 15.6. The molecule has 0 aliphatic carbocycles. The summed E-state index contributed by atoms with van der Waals surface area (Å²) in [4.78, 5) is 25.4. The van der Waals surface area contributed by atoms with Crippen LogP contribution in [-0.2, 0) is 6.54 Å². The molecule has 0 saturated heterocycles. The number of amides is 1. The van der Waals surface area contributed by atoms with Crippen molar-refractivity contribution in [2.24, 2.45) is 0 Å². The Kier molecular flexibility index (Phi) is 5.09. The number of benzene rings is 2. The number of hydrogen-bond acceptors (Lipinski definition) is 4. The topological polar surface area (TPSA) is 87.8 Å². The van der Waals surface area contributed by atoms with Gasteiger partial charge in [0.25, 0.3) is 11.5 Å². The molecule has 0 unspecified atom stereocenters. The lowest BCUT2D eigenvalue weighted by Crippen LogP contribution is -2.27. The van der Waals surface area contributed by atoms with Gasteiger partial charge in [0, 0.05) is 17.6 Å². The number of carbonyl (C=O) groups is 1. The number of aryl methyl sites for hydroxylation is 1. The fourth-order valence-electron chi connectivity index (χ4n) is 2.72. The molecule has 1 aromatic heterocycles. The van der Waals surface area contributed by atoms with Crippen molar-refractivity contribution in [2.45, 2.75) is 26.3 Å². The second kappa shape index (κ2) is 7.62. The molecule has 3 aromatic rings. The van der Waals surface area contributed by atoms with Crippen LogP contribution in [0.1, 0.15) is 35.8 Å². The second-order valence-corrected chi connectivity index (χ2v) is 5.92. The van der Waals surface area contributed by atoms with Gasteiger partial charge in [-0.15, -0.1) is 0 Å². The standard InChI is InChI=1S/C20H18N4O2/c1-2-3-11-24-20(26)17-10-5-4-9-16(17)18(23-24)19(25)22-15-8-6-7-14(12-15)13-21/h4-10,12H,2-3,11H2,1H3,(H,22,25). The maximum Gasteiger partial charge on any atom is 0.276 e. The van der Waals surface area contributed by atoms with E-state index in [2.05, 4.69) is 10.4 Å². The lowest BCUT2D eigenvalue weighted by atomic mass is 10.1. The van der Waals surface area contributed by atoms with Gasteiger partial charge in [0.05, 0.1) is 17.0 Å². The summed E-state index contributed by atoms with van der Waals surface area (Å²) in [5.41, 5.74) is 0.954. The molecule has 3 rings (SSSR count). The first kappa shape index (κ1) is 17.4. The van der Waals surface area contributed by atoms with Crippen molar-refractivity contribution in [2.75, 3.05) is 5.32 Å². The van der Waals surface area contributed by atoms with Crippen LogP contribution in [-0.4, -0.2) is 15.7 Å². The Morgan fingerprint density at radius 3 is 2.69 bits per heavy atom. The van der Waals surface area contributed by atoms with Crippen LogP contribution in [0.15, 0.2) is 53.3 Å². The number of nitrogens with zero attached hydrogens (tertiary/aromatic N) is 3. The maximum atomic E-state index is 12.8. The molecule has 0 atom stereocenters. The third-order valence-corrected chi connectivity index (χ3v) is 4.06. The van der Waals surface area contributed by atoms with E-state index in [9.17, 15) is 9.59 Å². The van der Waals surface area contributed by atoms with Gasteiger partial charge in [-0.05, 0) is 30.7 Å². The molecule has 1 N–H and O–H groups in total. The van der Waals surface area contributed by atoms with Gasteiger partial charge < -0.3 is 5.32 Å². The lowest BCUT2D eigenvalue weighted by molar-refractivity contribution is 0.102. The predicted molar refractivity (Wildman–Crippen MR) is 100 cm³/mol. The zero-order chi connectivity index (χ0) is 18.5. The fourth-order valence-corrected chi connectivity index (χ4v) is 2.72. The molecular weight excluding hydrogens is 328 g/mol. The molecule has 0 bridgehead atoms. The number of nitriles is 1. The summed E-state index contributed by atoms with van der Waals surface area (Å²) in [5.74, 6) is -0.415. The van der Waals surface area contributed by atoms with E-state index in [0.717, 1.165) is 12.8 Å². The molecule has 1 heterocycles. The number of aromatic nitrogens is 2. The Hall–Kier alpha value is -3.46. The average molecular weight is 346 g/mol. The van der Waals surface area contributed by atoms with E-state index >= 15 is 0 Å². The summed E-state index contributed by atoms with van der Waals surface area (Å²) < 4.78 is 1.35. The Bertz CT molecular complexity index is 1060. The van der Waals surface area contributed by atoms with Crippen molar-refractivity contribution >= 4 is 22.4 Å². The van der Waals surface area contributed by atoms with Gasteiger partial charge in [-0.3, -0.25) is 9.59 Å². The summed E-state index contributed by atoms with van der Waals surface area (Å²) >= 11 is 0. The predicted octanol–water partition coefficient (Wildman–Crippen LogP) is 3.32. The van der Waals surface area contributed by atoms with E-state index in [1.165, 1.54) is 4.68 Å². The van der Waals surface area contributed by atoms with Gasteiger partial charge >= 0.3 is 0 Å². The zero-order valence-electron chi connectivity index (χ0n) is 14.4. The minimum Gasteiger partial charge on any atom is -0.321 e. The normalized spacial score (nSPS) is 10.5. The fraction of sp³-hybridized carbons (Fsp3) is 0.200. The number of fused-ring (bicyclic) bond motifs is 1. The van der Waals surface area contributed by atoms with Crippen LogP contribution in [0.4, 0.5) is 5.69 Å². The van der Waals surface area contributed by atoms with Crippen molar-refractivity contribution in [3.63, 3.8) is 0 Å². The van der Waals surface area contributed by atoms with Crippen molar-refractivity contribution in [3.05, 3.63) is 70.1 Å². The first-order valence-corrected chi connectivity index (χ1v) is 8.45. The van der Waals surface area contributed by atoms with Crippen molar-refractivity contribution in [3.8, 4) is 6.07 Å². The van der Waals surface area contributed by atoms with Crippen molar-refractivity contribution < 1.29 is 4.79 Å². The molecule has 6 heteroatoms.